The minimum Gasteiger partial charge on any atom is -0.395 e. The first-order chi connectivity index (χ1) is 6.97. The molecule has 0 spiro atoms. The quantitative estimate of drug-likeness (QED) is 0.761. The summed E-state index contributed by atoms with van der Waals surface area (Å²) in [7, 11) is -4.00. The Labute approximate surface area is 87.0 Å². The zero-order valence-electron chi connectivity index (χ0n) is 8.01. The van der Waals surface area contributed by atoms with Crippen LogP contribution >= 0.6 is 0 Å². The van der Waals surface area contributed by atoms with Crippen molar-refractivity contribution >= 4 is 10.0 Å². The van der Waals surface area contributed by atoms with Gasteiger partial charge in [-0.1, -0.05) is 0 Å². The van der Waals surface area contributed by atoms with Crippen LogP contribution in [0.2, 0.25) is 0 Å². The van der Waals surface area contributed by atoms with E-state index in [1.54, 1.807) is 0 Å². The number of nitrogens with one attached hydrogen (secondary N) is 1. The SMILES string of the molecule is C[C@@H](CO)NS(=O)(=O)c1ncccc1F. The average Bonchev–Trinajstić information content (AvgIpc) is 2.17. The monoisotopic (exact) mass is 234 g/mol. The van der Waals surface area contributed by atoms with Gasteiger partial charge in [-0.3, -0.25) is 0 Å². The summed E-state index contributed by atoms with van der Waals surface area (Å²) in [5, 5.41) is 8.01. The molecule has 0 aliphatic carbocycles. The first-order valence-electron chi connectivity index (χ1n) is 4.21. The summed E-state index contributed by atoms with van der Waals surface area (Å²) in [5.74, 6) is -0.921. The van der Waals surface area contributed by atoms with Crippen molar-refractivity contribution in [2.75, 3.05) is 6.61 Å². The van der Waals surface area contributed by atoms with Crippen LogP contribution in [0.3, 0.4) is 0 Å². The summed E-state index contributed by atoms with van der Waals surface area (Å²) >= 11 is 0. The number of pyridine rings is 1. The zero-order valence-corrected chi connectivity index (χ0v) is 8.83. The first kappa shape index (κ1) is 12.0. The molecule has 0 aromatic carbocycles. The molecule has 0 amide bonds. The number of rotatable bonds is 4. The Bertz CT molecular complexity index is 435. The van der Waals surface area contributed by atoms with Gasteiger partial charge in [0.2, 0.25) is 5.03 Å². The van der Waals surface area contributed by atoms with Crippen molar-refractivity contribution in [3.05, 3.63) is 24.1 Å². The fourth-order valence-electron chi connectivity index (χ4n) is 0.927. The highest BCUT2D eigenvalue weighted by molar-refractivity contribution is 7.89. The maximum absolute atomic E-state index is 13.1. The molecule has 1 atom stereocenters. The molecular weight excluding hydrogens is 223 g/mol. The molecular formula is C8H11FN2O3S. The van der Waals surface area contributed by atoms with Crippen molar-refractivity contribution < 1.29 is 17.9 Å². The highest BCUT2D eigenvalue weighted by Crippen LogP contribution is 2.09. The lowest BCUT2D eigenvalue weighted by Crippen LogP contribution is -2.35. The van der Waals surface area contributed by atoms with E-state index in [-0.39, 0.29) is 6.61 Å². The molecule has 1 aromatic rings. The molecule has 5 nitrogen and oxygen atoms in total. The van der Waals surface area contributed by atoms with E-state index in [4.69, 9.17) is 5.11 Å². The smallest absolute Gasteiger partial charge is 0.261 e. The molecule has 0 bridgehead atoms. The molecule has 0 fully saturated rings. The second-order valence-corrected chi connectivity index (χ2v) is 4.62. The van der Waals surface area contributed by atoms with Gasteiger partial charge in [0.15, 0.2) is 5.82 Å². The number of hydrogen-bond acceptors (Lipinski definition) is 4. The van der Waals surface area contributed by atoms with Gasteiger partial charge < -0.3 is 5.11 Å². The molecule has 2 N–H and O–H groups in total. The minimum atomic E-state index is -4.00. The summed E-state index contributed by atoms with van der Waals surface area (Å²) in [6.45, 7) is 1.09. The van der Waals surface area contributed by atoms with E-state index < -0.39 is 26.9 Å². The third-order valence-corrected chi connectivity index (χ3v) is 3.13. The number of hydrogen-bond donors (Lipinski definition) is 2. The van der Waals surface area contributed by atoms with Gasteiger partial charge in [0.25, 0.3) is 10.0 Å². The van der Waals surface area contributed by atoms with E-state index in [1.807, 2.05) is 0 Å². The molecule has 0 aliphatic rings. The van der Waals surface area contributed by atoms with Crippen molar-refractivity contribution in [1.29, 1.82) is 0 Å². The van der Waals surface area contributed by atoms with Crippen molar-refractivity contribution in [2.24, 2.45) is 0 Å². The number of aliphatic hydroxyl groups excluding tert-OH is 1. The van der Waals surface area contributed by atoms with Crippen LogP contribution in [0.15, 0.2) is 23.4 Å². The minimum absolute atomic E-state index is 0.367. The van der Waals surface area contributed by atoms with Crippen LogP contribution in [-0.2, 0) is 10.0 Å². The summed E-state index contributed by atoms with van der Waals surface area (Å²) in [5.41, 5.74) is 0. The highest BCUT2D eigenvalue weighted by Gasteiger charge is 2.21. The van der Waals surface area contributed by atoms with E-state index in [0.29, 0.717) is 0 Å². The molecule has 84 valence electrons. The molecule has 0 saturated heterocycles. The van der Waals surface area contributed by atoms with Crippen LogP contribution in [0, 0.1) is 5.82 Å². The average molecular weight is 234 g/mol. The Morgan fingerprint density at radius 1 is 1.67 bits per heavy atom. The summed E-state index contributed by atoms with van der Waals surface area (Å²) in [4.78, 5) is 3.43. The number of aromatic nitrogens is 1. The van der Waals surface area contributed by atoms with Crippen molar-refractivity contribution in [3.8, 4) is 0 Å². The van der Waals surface area contributed by atoms with Crippen LogP contribution in [0.4, 0.5) is 4.39 Å². The van der Waals surface area contributed by atoms with Crippen LogP contribution in [0.1, 0.15) is 6.92 Å². The fraction of sp³-hybridized carbons (Fsp3) is 0.375. The Balaban J connectivity index is 3.02. The second kappa shape index (κ2) is 4.65. The van der Waals surface area contributed by atoms with Crippen LogP contribution in [-0.4, -0.2) is 31.2 Å². The lowest BCUT2D eigenvalue weighted by atomic mass is 10.4. The number of aliphatic hydroxyl groups is 1. The topological polar surface area (TPSA) is 79.3 Å². The van der Waals surface area contributed by atoms with Gasteiger partial charge in [0.05, 0.1) is 6.61 Å². The van der Waals surface area contributed by atoms with Crippen molar-refractivity contribution in [1.82, 2.24) is 9.71 Å². The van der Waals surface area contributed by atoms with Gasteiger partial charge in [-0.2, -0.15) is 0 Å². The van der Waals surface area contributed by atoms with E-state index in [0.717, 1.165) is 6.07 Å². The largest absolute Gasteiger partial charge is 0.395 e. The second-order valence-electron chi connectivity index (χ2n) is 3.00. The molecule has 0 radical (unpaired) electrons. The molecule has 0 aliphatic heterocycles. The van der Waals surface area contributed by atoms with E-state index in [2.05, 4.69) is 9.71 Å². The van der Waals surface area contributed by atoms with Gasteiger partial charge in [-0.15, -0.1) is 0 Å². The Morgan fingerprint density at radius 3 is 2.87 bits per heavy atom. The molecule has 1 rings (SSSR count). The predicted octanol–water partition coefficient (Wildman–Crippen LogP) is -0.120. The molecule has 15 heavy (non-hydrogen) atoms. The first-order valence-corrected chi connectivity index (χ1v) is 5.69. The van der Waals surface area contributed by atoms with Crippen LogP contribution in [0.5, 0.6) is 0 Å². The van der Waals surface area contributed by atoms with Crippen molar-refractivity contribution in [2.45, 2.75) is 18.0 Å². The maximum atomic E-state index is 13.1. The van der Waals surface area contributed by atoms with Crippen LogP contribution < -0.4 is 4.72 Å². The summed E-state index contributed by atoms with van der Waals surface area (Å²) in [6, 6.07) is 1.62. The van der Waals surface area contributed by atoms with Crippen LogP contribution in [0.25, 0.3) is 0 Å². The lowest BCUT2D eigenvalue weighted by molar-refractivity contribution is 0.265. The third-order valence-electron chi connectivity index (χ3n) is 1.61. The Kier molecular flexibility index (Phi) is 3.72. The highest BCUT2D eigenvalue weighted by atomic mass is 32.2. The molecule has 0 saturated carbocycles. The van der Waals surface area contributed by atoms with Gasteiger partial charge >= 0.3 is 0 Å². The summed E-state index contributed by atoms with van der Waals surface area (Å²) < 4.78 is 38.2. The number of sulfonamides is 1. The molecule has 1 heterocycles. The number of halogens is 1. The standard InChI is InChI=1S/C8H11FN2O3S/c1-6(5-12)11-15(13,14)8-7(9)3-2-4-10-8/h2-4,6,11-12H,5H2,1H3/t6-/m0/s1. The Hall–Kier alpha value is -1.05. The predicted molar refractivity (Wildman–Crippen MR) is 51.1 cm³/mol. The Morgan fingerprint density at radius 2 is 2.33 bits per heavy atom. The van der Waals surface area contributed by atoms with Gasteiger partial charge in [0.1, 0.15) is 0 Å². The van der Waals surface area contributed by atoms with Gasteiger partial charge in [-0.05, 0) is 19.1 Å². The van der Waals surface area contributed by atoms with E-state index in [1.165, 1.54) is 19.2 Å². The lowest BCUT2D eigenvalue weighted by Gasteiger charge is -2.10. The normalized spacial score (nSPS) is 13.8. The fourth-order valence-corrected chi connectivity index (χ4v) is 2.17. The maximum Gasteiger partial charge on any atom is 0.261 e. The third kappa shape index (κ3) is 2.95. The van der Waals surface area contributed by atoms with Gasteiger partial charge in [-0.25, -0.2) is 22.5 Å². The summed E-state index contributed by atoms with van der Waals surface area (Å²) in [6.07, 6.45) is 1.18. The van der Waals surface area contributed by atoms with E-state index >= 15 is 0 Å². The molecule has 0 unspecified atom stereocenters. The van der Waals surface area contributed by atoms with E-state index in [9.17, 15) is 12.8 Å². The molecule has 1 aromatic heterocycles. The number of nitrogens with zero attached hydrogens (tertiary/aromatic N) is 1. The zero-order chi connectivity index (χ0) is 11.5. The molecule has 7 heteroatoms. The van der Waals surface area contributed by atoms with Gasteiger partial charge in [0, 0.05) is 12.2 Å². The van der Waals surface area contributed by atoms with Crippen molar-refractivity contribution in [3.63, 3.8) is 0 Å².